The fourth-order valence-corrected chi connectivity index (χ4v) is 2.58. The zero-order chi connectivity index (χ0) is 18.1. The lowest BCUT2D eigenvalue weighted by atomic mass is 10.0. The third kappa shape index (κ3) is 8.22. The zero-order valence-corrected chi connectivity index (χ0v) is 14.3. The summed E-state index contributed by atoms with van der Waals surface area (Å²) in [6.07, 6.45) is -3.23. The van der Waals surface area contributed by atoms with Crippen LogP contribution in [0, 0.1) is 0 Å². The van der Waals surface area contributed by atoms with E-state index in [1.165, 1.54) is 0 Å². The van der Waals surface area contributed by atoms with Gasteiger partial charge in [0, 0.05) is 11.7 Å². The van der Waals surface area contributed by atoms with Crippen molar-refractivity contribution in [3.63, 3.8) is 0 Å². The van der Waals surface area contributed by atoms with Crippen LogP contribution in [0.5, 0.6) is 5.75 Å². The van der Waals surface area contributed by atoms with Crippen LogP contribution in [0.4, 0.5) is 22.0 Å². The fourth-order valence-electron chi connectivity index (χ4n) is 2.21. The molecule has 0 saturated carbocycles. The first-order chi connectivity index (χ1) is 11.2. The normalized spacial score (nSPS) is 13.8. The number of ether oxygens (including phenoxy) is 1. The van der Waals surface area contributed by atoms with Crippen molar-refractivity contribution in [2.75, 3.05) is 6.61 Å². The molecule has 0 heterocycles. The van der Waals surface area contributed by atoms with E-state index in [4.69, 9.17) is 4.74 Å². The first-order valence-electron chi connectivity index (χ1n) is 8.03. The molecule has 1 nitrogen and oxygen atoms in total. The molecular formula is C17H23F5OS. The number of alkyl halides is 5. The van der Waals surface area contributed by atoms with Crippen LogP contribution in [-0.4, -0.2) is 24.0 Å². The highest BCUT2D eigenvalue weighted by Crippen LogP contribution is 2.39. The van der Waals surface area contributed by atoms with Crippen LogP contribution in [0.3, 0.4) is 0 Å². The maximum Gasteiger partial charge on any atom is 0.453 e. The summed E-state index contributed by atoms with van der Waals surface area (Å²) < 4.78 is 67.1. The Morgan fingerprint density at radius 3 is 2.12 bits per heavy atom. The minimum absolute atomic E-state index is 0.149. The van der Waals surface area contributed by atoms with Crippen LogP contribution in [-0.2, 0) is 0 Å². The molecule has 0 amide bonds. The quantitative estimate of drug-likeness (QED) is 0.273. The van der Waals surface area contributed by atoms with Gasteiger partial charge in [-0.15, -0.1) is 0 Å². The number of para-hydroxylation sites is 1. The number of halogens is 5. The SMILES string of the molecule is FC(F)(F)C(F)(F)CCCC(S)CCCCCOc1ccccc1. The van der Waals surface area contributed by atoms with Gasteiger partial charge in [0.1, 0.15) is 5.75 Å². The van der Waals surface area contributed by atoms with E-state index >= 15 is 0 Å². The van der Waals surface area contributed by atoms with Gasteiger partial charge < -0.3 is 4.74 Å². The van der Waals surface area contributed by atoms with E-state index in [1.54, 1.807) is 0 Å². The number of hydrogen-bond donors (Lipinski definition) is 1. The average Bonchev–Trinajstić information content (AvgIpc) is 2.50. The van der Waals surface area contributed by atoms with Gasteiger partial charge in [0.05, 0.1) is 6.61 Å². The van der Waals surface area contributed by atoms with Gasteiger partial charge in [0.2, 0.25) is 0 Å². The number of rotatable bonds is 11. The van der Waals surface area contributed by atoms with Crippen molar-refractivity contribution < 1.29 is 26.7 Å². The maximum atomic E-state index is 12.7. The van der Waals surface area contributed by atoms with E-state index in [-0.39, 0.29) is 18.1 Å². The third-order valence-electron chi connectivity index (χ3n) is 3.64. The Labute approximate surface area is 145 Å². The van der Waals surface area contributed by atoms with Crippen LogP contribution in [0.15, 0.2) is 30.3 Å². The number of hydrogen-bond acceptors (Lipinski definition) is 2. The second-order valence-electron chi connectivity index (χ2n) is 5.76. The smallest absolute Gasteiger partial charge is 0.453 e. The van der Waals surface area contributed by atoms with E-state index in [9.17, 15) is 22.0 Å². The van der Waals surface area contributed by atoms with E-state index in [2.05, 4.69) is 12.6 Å². The van der Waals surface area contributed by atoms with Gasteiger partial charge in [-0.25, -0.2) is 0 Å². The molecule has 0 aromatic heterocycles. The highest BCUT2D eigenvalue weighted by Gasteiger charge is 2.56. The van der Waals surface area contributed by atoms with Crippen LogP contribution in [0.25, 0.3) is 0 Å². The first-order valence-corrected chi connectivity index (χ1v) is 8.54. The van der Waals surface area contributed by atoms with Crippen LogP contribution in [0.2, 0.25) is 0 Å². The summed E-state index contributed by atoms with van der Waals surface area (Å²) in [5.74, 6) is -3.79. The Kier molecular flexibility index (Phi) is 8.87. The third-order valence-corrected chi connectivity index (χ3v) is 4.15. The molecule has 138 valence electrons. The van der Waals surface area contributed by atoms with Crippen LogP contribution < -0.4 is 4.74 Å². The number of benzene rings is 1. The fraction of sp³-hybridized carbons (Fsp3) is 0.647. The Bertz CT molecular complexity index is 450. The summed E-state index contributed by atoms with van der Waals surface area (Å²) in [7, 11) is 0. The van der Waals surface area contributed by atoms with Crippen LogP contribution in [0.1, 0.15) is 44.9 Å². The van der Waals surface area contributed by atoms with Gasteiger partial charge in [-0.05, 0) is 37.8 Å². The monoisotopic (exact) mass is 370 g/mol. The van der Waals surface area contributed by atoms with Gasteiger partial charge in [-0.3, -0.25) is 0 Å². The molecule has 0 radical (unpaired) electrons. The average molecular weight is 370 g/mol. The Morgan fingerprint density at radius 1 is 0.875 bits per heavy atom. The van der Waals surface area contributed by atoms with Crippen molar-refractivity contribution in [1.82, 2.24) is 0 Å². The topological polar surface area (TPSA) is 9.23 Å². The predicted octanol–water partition coefficient (Wildman–Crippen LogP) is 6.29. The van der Waals surface area contributed by atoms with Crippen molar-refractivity contribution in [2.24, 2.45) is 0 Å². The highest BCUT2D eigenvalue weighted by molar-refractivity contribution is 7.80. The molecule has 0 bridgehead atoms. The molecule has 1 aromatic rings. The zero-order valence-electron chi connectivity index (χ0n) is 13.4. The standard InChI is InChI=1S/C17H23F5OS/c18-16(19,17(20,21)22)12-7-11-15(24)10-5-2-6-13-23-14-8-3-1-4-9-14/h1,3-4,8-9,15,24H,2,5-7,10-13H2. The molecule has 0 N–H and O–H groups in total. The van der Waals surface area contributed by atoms with E-state index in [1.807, 2.05) is 30.3 Å². The summed E-state index contributed by atoms with van der Waals surface area (Å²) >= 11 is 4.26. The van der Waals surface area contributed by atoms with Crippen molar-refractivity contribution in [3.8, 4) is 5.75 Å². The molecule has 24 heavy (non-hydrogen) atoms. The lowest BCUT2D eigenvalue weighted by Crippen LogP contribution is -2.36. The van der Waals surface area contributed by atoms with Gasteiger partial charge in [-0.2, -0.15) is 34.6 Å². The first kappa shape index (κ1) is 21.1. The van der Waals surface area contributed by atoms with Gasteiger partial charge in [0.25, 0.3) is 0 Å². The molecule has 0 saturated heterocycles. The van der Waals surface area contributed by atoms with E-state index in [0.717, 1.165) is 25.0 Å². The van der Waals surface area contributed by atoms with E-state index in [0.29, 0.717) is 13.0 Å². The lowest BCUT2D eigenvalue weighted by Gasteiger charge is -2.20. The summed E-state index contributed by atoms with van der Waals surface area (Å²) in [5, 5.41) is -0.149. The Morgan fingerprint density at radius 2 is 1.50 bits per heavy atom. The molecule has 1 atom stereocenters. The molecule has 7 heteroatoms. The van der Waals surface area contributed by atoms with E-state index < -0.39 is 18.5 Å². The minimum Gasteiger partial charge on any atom is -0.494 e. The second kappa shape index (κ2) is 10.1. The van der Waals surface area contributed by atoms with Crippen molar-refractivity contribution in [2.45, 2.75) is 62.3 Å². The van der Waals surface area contributed by atoms with Crippen molar-refractivity contribution in [3.05, 3.63) is 30.3 Å². The maximum absolute atomic E-state index is 12.7. The van der Waals surface area contributed by atoms with Gasteiger partial charge in [0.15, 0.2) is 0 Å². The van der Waals surface area contributed by atoms with Gasteiger partial charge in [-0.1, -0.05) is 31.0 Å². The molecule has 1 rings (SSSR count). The second-order valence-corrected chi connectivity index (χ2v) is 6.49. The molecule has 0 aliphatic carbocycles. The number of unbranched alkanes of at least 4 members (excludes halogenated alkanes) is 2. The Hall–Kier alpha value is -0.980. The molecule has 0 spiro atoms. The molecular weight excluding hydrogens is 347 g/mol. The van der Waals surface area contributed by atoms with Gasteiger partial charge >= 0.3 is 12.1 Å². The van der Waals surface area contributed by atoms with Crippen molar-refractivity contribution >= 4 is 12.6 Å². The Balaban J connectivity index is 2.03. The molecule has 1 aromatic carbocycles. The molecule has 0 aliphatic rings. The van der Waals surface area contributed by atoms with Crippen molar-refractivity contribution in [1.29, 1.82) is 0 Å². The molecule has 0 fully saturated rings. The largest absolute Gasteiger partial charge is 0.494 e. The highest BCUT2D eigenvalue weighted by atomic mass is 32.1. The minimum atomic E-state index is -5.46. The summed E-state index contributed by atoms with van der Waals surface area (Å²) in [4.78, 5) is 0. The number of thiol groups is 1. The lowest BCUT2D eigenvalue weighted by molar-refractivity contribution is -0.284. The summed E-state index contributed by atoms with van der Waals surface area (Å²) in [5.41, 5.74) is 0. The molecule has 1 unspecified atom stereocenters. The molecule has 0 aliphatic heterocycles. The summed E-state index contributed by atoms with van der Waals surface area (Å²) in [6.45, 7) is 0.596. The predicted molar refractivity (Wildman–Crippen MR) is 88.0 cm³/mol. The van der Waals surface area contributed by atoms with Crippen LogP contribution >= 0.6 is 12.6 Å². The summed E-state index contributed by atoms with van der Waals surface area (Å²) in [6, 6.07) is 9.44.